The minimum atomic E-state index is -0.966. The maximum absolute atomic E-state index is 12.8. The number of barbiturate groups is 1. The third-order valence-electron chi connectivity index (χ3n) is 5.36. The van der Waals surface area contributed by atoms with Crippen LogP contribution in [-0.2, 0) is 9.59 Å². The van der Waals surface area contributed by atoms with Crippen molar-refractivity contribution in [1.82, 2.24) is 10.2 Å². The second-order valence-electron chi connectivity index (χ2n) is 6.96. The average molecular weight is 278 g/mol. The molecule has 5 nitrogen and oxygen atoms in total. The summed E-state index contributed by atoms with van der Waals surface area (Å²) in [6.45, 7) is 2.56. The molecule has 1 saturated heterocycles. The first kappa shape index (κ1) is 13.6. The molecule has 110 valence electrons. The number of carbonyl (C=O) groups excluding carboxylic acids is 3. The highest BCUT2D eigenvalue weighted by Crippen LogP contribution is 2.44. The number of imide groups is 2. The van der Waals surface area contributed by atoms with E-state index in [0.29, 0.717) is 19.4 Å². The first-order chi connectivity index (χ1) is 9.47. The number of rotatable bonds is 2. The molecule has 5 heteroatoms. The molecule has 3 rings (SSSR count). The van der Waals surface area contributed by atoms with Crippen molar-refractivity contribution in [3.05, 3.63) is 0 Å². The second-order valence-corrected chi connectivity index (χ2v) is 6.96. The summed E-state index contributed by atoms with van der Waals surface area (Å²) in [6, 6.07) is -0.524. The van der Waals surface area contributed by atoms with Gasteiger partial charge in [0, 0.05) is 6.54 Å². The van der Waals surface area contributed by atoms with Crippen LogP contribution in [0.3, 0.4) is 0 Å². The first-order valence-corrected chi connectivity index (χ1v) is 7.64. The van der Waals surface area contributed by atoms with Gasteiger partial charge in [-0.15, -0.1) is 0 Å². The van der Waals surface area contributed by atoms with Crippen molar-refractivity contribution in [2.75, 3.05) is 6.54 Å². The Bertz CT molecular complexity index is 462. The molecule has 0 atom stereocenters. The molecule has 1 aliphatic heterocycles. The normalized spacial score (nSPS) is 28.2. The van der Waals surface area contributed by atoms with Crippen LogP contribution in [0.5, 0.6) is 0 Å². The van der Waals surface area contributed by atoms with Gasteiger partial charge < -0.3 is 0 Å². The largest absolute Gasteiger partial charge is 0.330 e. The van der Waals surface area contributed by atoms with Crippen LogP contribution in [-0.4, -0.2) is 29.3 Å². The Morgan fingerprint density at radius 2 is 1.65 bits per heavy atom. The quantitative estimate of drug-likeness (QED) is 0.787. The number of nitrogens with one attached hydrogen (secondary N) is 1. The molecule has 4 amide bonds. The van der Waals surface area contributed by atoms with Gasteiger partial charge in [0.2, 0.25) is 11.8 Å². The molecule has 0 aromatic rings. The molecule has 0 aromatic heterocycles. The van der Waals surface area contributed by atoms with Crippen molar-refractivity contribution >= 4 is 17.8 Å². The highest BCUT2D eigenvalue weighted by molar-refractivity contribution is 6.19. The summed E-state index contributed by atoms with van der Waals surface area (Å²) in [5.41, 5.74) is -0.921. The van der Waals surface area contributed by atoms with Crippen LogP contribution in [0.25, 0.3) is 0 Å². The van der Waals surface area contributed by atoms with E-state index >= 15 is 0 Å². The molecule has 0 aromatic carbocycles. The lowest BCUT2D eigenvalue weighted by Crippen LogP contribution is -2.65. The molecule has 1 N–H and O–H groups in total. The van der Waals surface area contributed by atoms with Crippen molar-refractivity contribution < 1.29 is 14.4 Å². The Labute approximate surface area is 119 Å². The van der Waals surface area contributed by atoms with Crippen LogP contribution >= 0.6 is 0 Å². The van der Waals surface area contributed by atoms with E-state index in [-0.39, 0.29) is 17.2 Å². The molecular weight excluding hydrogens is 256 g/mol. The fraction of sp³-hybridized carbons (Fsp3) is 0.800. The molecule has 20 heavy (non-hydrogen) atoms. The van der Waals surface area contributed by atoms with Gasteiger partial charge in [-0.2, -0.15) is 0 Å². The first-order valence-electron chi connectivity index (χ1n) is 7.64. The van der Waals surface area contributed by atoms with Crippen LogP contribution in [0, 0.1) is 10.8 Å². The Morgan fingerprint density at radius 1 is 1.00 bits per heavy atom. The lowest BCUT2D eigenvalue weighted by Gasteiger charge is -2.46. The van der Waals surface area contributed by atoms with E-state index in [4.69, 9.17) is 0 Å². The maximum Gasteiger partial charge on any atom is 0.330 e. The Hall–Kier alpha value is -1.39. The predicted octanol–water partition coefficient (Wildman–Crippen LogP) is 2.21. The van der Waals surface area contributed by atoms with E-state index in [0.717, 1.165) is 38.5 Å². The summed E-state index contributed by atoms with van der Waals surface area (Å²) in [7, 11) is 0. The highest BCUT2D eigenvalue weighted by atomic mass is 16.2. The molecule has 0 radical (unpaired) electrons. The molecular formula is C15H22N2O3. The van der Waals surface area contributed by atoms with Crippen molar-refractivity contribution in [2.24, 2.45) is 10.8 Å². The third-order valence-corrected chi connectivity index (χ3v) is 5.36. The molecule has 1 spiro atoms. The van der Waals surface area contributed by atoms with Gasteiger partial charge in [-0.05, 0) is 31.1 Å². The lowest BCUT2D eigenvalue weighted by molar-refractivity contribution is -0.155. The van der Waals surface area contributed by atoms with Gasteiger partial charge in [0.25, 0.3) is 0 Å². The molecule has 2 aliphatic carbocycles. The number of hydrogen-bond donors (Lipinski definition) is 1. The number of amides is 4. The van der Waals surface area contributed by atoms with Gasteiger partial charge in [-0.3, -0.25) is 19.8 Å². The van der Waals surface area contributed by atoms with E-state index in [2.05, 4.69) is 12.2 Å². The maximum atomic E-state index is 12.8. The van der Waals surface area contributed by atoms with Crippen molar-refractivity contribution in [2.45, 2.75) is 58.3 Å². The summed E-state index contributed by atoms with van der Waals surface area (Å²) < 4.78 is 0. The predicted molar refractivity (Wildman–Crippen MR) is 72.7 cm³/mol. The second kappa shape index (κ2) is 4.57. The zero-order valence-corrected chi connectivity index (χ0v) is 12.0. The highest BCUT2D eigenvalue weighted by Gasteiger charge is 2.55. The van der Waals surface area contributed by atoms with Crippen LogP contribution in [0.2, 0.25) is 0 Å². The number of nitrogens with zero attached hydrogens (tertiary/aromatic N) is 1. The Kier molecular flexibility index (Phi) is 3.10. The SMILES string of the molecule is CC1(CN2C(=O)NC(=O)C3(CCCCC3)C2=O)CCC1. The van der Waals surface area contributed by atoms with E-state index < -0.39 is 11.4 Å². The zero-order valence-electron chi connectivity index (χ0n) is 12.0. The minimum absolute atomic E-state index is 0.0449. The monoisotopic (exact) mass is 278 g/mol. The van der Waals surface area contributed by atoms with Crippen molar-refractivity contribution in [3.63, 3.8) is 0 Å². The fourth-order valence-electron chi connectivity index (χ4n) is 3.79. The Morgan fingerprint density at radius 3 is 2.20 bits per heavy atom. The van der Waals surface area contributed by atoms with Crippen LogP contribution in [0.4, 0.5) is 4.79 Å². The molecule has 3 aliphatic rings. The van der Waals surface area contributed by atoms with E-state index in [1.807, 2.05) is 0 Å². The standard InChI is InChI=1S/C15H22N2O3/c1-14(6-5-7-14)10-17-12(19)15(8-3-2-4-9-15)11(18)16-13(17)20/h2-10H2,1H3,(H,16,18,20). The number of hydrogen-bond acceptors (Lipinski definition) is 3. The average Bonchev–Trinajstić information content (AvgIpc) is 2.41. The van der Waals surface area contributed by atoms with Gasteiger partial charge in [0.05, 0.1) is 0 Å². The van der Waals surface area contributed by atoms with Gasteiger partial charge in [0.1, 0.15) is 5.41 Å². The molecule has 0 unspecified atom stereocenters. The third kappa shape index (κ3) is 1.95. The summed E-state index contributed by atoms with van der Waals surface area (Å²) >= 11 is 0. The van der Waals surface area contributed by atoms with E-state index in [1.165, 1.54) is 4.90 Å². The molecule has 3 fully saturated rings. The summed E-state index contributed by atoms with van der Waals surface area (Å²) in [5, 5.41) is 2.42. The van der Waals surface area contributed by atoms with Crippen LogP contribution < -0.4 is 5.32 Å². The molecule has 0 bridgehead atoms. The zero-order chi connectivity index (χ0) is 14.4. The number of urea groups is 1. The summed E-state index contributed by atoms with van der Waals surface area (Å²) in [6.07, 6.45) is 7.25. The molecule has 2 saturated carbocycles. The summed E-state index contributed by atoms with van der Waals surface area (Å²) in [5.74, 6) is -0.624. The van der Waals surface area contributed by atoms with Crippen LogP contribution in [0.1, 0.15) is 58.3 Å². The van der Waals surface area contributed by atoms with Gasteiger partial charge >= 0.3 is 6.03 Å². The van der Waals surface area contributed by atoms with Crippen molar-refractivity contribution in [1.29, 1.82) is 0 Å². The molecule has 1 heterocycles. The minimum Gasteiger partial charge on any atom is -0.277 e. The van der Waals surface area contributed by atoms with Gasteiger partial charge in [0.15, 0.2) is 0 Å². The van der Waals surface area contributed by atoms with Gasteiger partial charge in [-0.25, -0.2) is 4.79 Å². The smallest absolute Gasteiger partial charge is 0.277 e. The van der Waals surface area contributed by atoms with Gasteiger partial charge in [-0.1, -0.05) is 32.6 Å². The Balaban J connectivity index is 1.84. The van der Waals surface area contributed by atoms with Crippen molar-refractivity contribution in [3.8, 4) is 0 Å². The topological polar surface area (TPSA) is 66.5 Å². The van der Waals surface area contributed by atoms with E-state index in [1.54, 1.807) is 0 Å². The van der Waals surface area contributed by atoms with Crippen LogP contribution in [0.15, 0.2) is 0 Å². The number of carbonyl (C=O) groups is 3. The van der Waals surface area contributed by atoms with E-state index in [9.17, 15) is 14.4 Å². The fourth-order valence-corrected chi connectivity index (χ4v) is 3.79. The lowest BCUT2D eigenvalue weighted by atomic mass is 9.68. The summed E-state index contributed by atoms with van der Waals surface area (Å²) in [4.78, 5) is 38.3.